The van der Waals surface area contributed by atoms with Crippen LogP contribution in [0.4, 0.5) is 0 Å². The molecule has 1 aromatic rings. The van der Waals surface area contributed by atoms with Crippen molar-refractivity contribution >= 4 is 5.97 Å². The van der Waals surface area contributed by atoms with Crippen molar-refractivity contribution in [3.05, 3.63) is 24.2 Å². The van der Waals surface area contributed by atoms with E-state index in [1.54, 1.807) is 12.5 Å². The third kappa shape index (κ3) is 2.04. The first kappa shape index (κ1) is 10.2. The average molecular weight is 209 g/mol. The van der Waals surface area contributed by atoms with E-state index >= 15 is 0 Å². The lowest BCUT2D eigenvalue weighted by atomic mass is 10.0. The molecule has 1 N–H and O–H groups in total. The lowest BCUT2D eigenvalue weighted by Gasteiger charge is -2.22. The minimum Gasteiger partial charge on any atom is -0.481 e. The third-order valence-corrected chi connectivity index (χ3v) is 3.17. The quantitative estimate of drug-likeness (QED) is 0.821. The van der Waals surface area contributed by atoms with Gasteiger partial charge in [0.05, 0.1) is 18.4 Å². The van der Waals surface area contributed by atoms with E-state index in [9.17, 15) is 4.79 Å². The van der Waals surface area contributed by atoms with Crippen LogP contribution in [0.5, 0.6) is 0 Å². The molecule has 15 heavy (non-hydrogen) atoms. The van der Waals surface area contributed by atoms with E-state index in [0.717, 1.165) is 25.1 Å². The molecule has 0 aliphatic carbocycles. The largest absolute Gasteiger partial charge is 0.481 e. The Morgan fingerprint density at radius 2 is 2.53 bits per heavy atom. The van der Waals surface area contributed by atoms with Crippen LogP contribution in [-0.4, -0.2) is 28.6 Å². The second-order valence-corrected chi connectivity index (χ2v) is 4.08. The van der Waals surface area contributed by atoms with Crippen LogP contribution in [0.15, 0.2) is 23.0 Å². The molecule has 1 fully saturated rings. The van der Waals surface area contributed by atoms with Gasteiger partial charge in [-0.25, -0.2) is 0 Å². The Morgan fingerprint density at radius 3 is 3.07 bits per heavy atom. The van der Waals surface area contributed by atoms with Crippen molar-refractivity contribution < 1.29 is 14.3 Å². The minimum absolute atomic E-state index is 0.109. The number of carboxylic acid groups (broad SMARTS) is 1. The smallest absolute Gasteiger partial charge is 0.308 e. The Labute approximate surface area is 88.5 Å². The highest BCUT2D eigenvalue weighted by Crippen LogP contribution is 2.25. The van der Waals surface area contributed by atoms with E-state index in [0.29, 0.717) is 0 Å². The number of hydrogen-bond donors (Lipinski definition) is 1. The van der Waals surface area contributed by atoms with Crippen LogP contribution in [0.25, 0.3) is 0 Å². The maximum absolute atomic E-state index is 10.9. The Kier molecular flexibility index (Phi) is 2.77. The molecule has 4 heteroatoms. The molecule has 2 heterocycles. The van der Waals surface area contributed by atoms with Crippen molar-refractivity contribution in [1.29, 1.82) is 0 Å². The topological polar surface area (TPSA) is 53.7 Å². The van der Waals surface area contributed by atoms with E-state index in [1.807, 2.05) is 13.0 Å². The Balaban J connectivity index is 1.98. The molecular formula is C11H15NO3. The molecule has 0 bridgehead atoms. The van der Waals surface area contributed by atoms with Crippen LogP contribution in [0.3, 0.4) is 0 Å². The summed E-state index contributed by atoms with van der Waals surface area (Å²) in [7, 11) is 0. The summed E-state index contributed by atoms with van der Waals surface area (Å²) in [6.07, 6.45) is 4.10. The van der Waals surface area contributed by atoms with E-state index in [4.69, 9.17) is 9.52 Å². The van der Waals surface area contributed by atoms with Gasteiger partial charge in [-0.2, -0.15) is 0 Å². The number of furan rings is 1. The van der Waals surface area contributed by atoms with Crippen molar-refractivity contribution in [3.8, 4) is 0 Å². The molecule has 1 aliphatic heterocycles. The van der Waals surface area contributed by atoms with E-state index in [-0.39, 0.29) is 12.0 Å². The predicted octanol–water partition coefficient (Wildman–Crippen LogP) is 1.57. The minimum atomic E-state index is -0.683. The van der Waals surface area contributed by atoms with Gasteiger partial charge in [0.15, 0.2) is 0 Å². The molecule has 0 radical (unpaired) electrons. The van der Waals surface area contributed by atoms with Crippen molar-refractivity contribution in [2.75, 3.05) is 6.54 Å². The molecule has 0 aromatic carbocycles. The summed E-state index contributed by atoms with van der Waals surface area (Å²) >= 11 is 0. The predicted molar refractivity (Wildman–Crippen MR) is 54.3 cm³/mol. The second-order valence-electron chi connectivity index (χ2n) is 4.08. The number of rotatable bonds is 3. The normalized spacial score (nSPS) is 27.0. The molecular weight excluding hydrogens is 194 g/mol. The van der Waals surface area contributed by atoms with Gasteiger partial charge in [-0.15, -0.1) is 0 Å². The molecule has 2 rings (SSSR count). The van der Waals surface area contributed by atoms with Gasteiger partial charge in [0.2, 0.25) is 0 Å². The van der Waals surface area contributed by atoms with Crippen molar-refractivity contribution in [2.24, 2.45) is 5.92 Å². The summed E-state index contributed by atoms with van der Waals surface area (Å²) in [5.74, 6) is -0.908. The lowest BCUT2D eigenvalue weighted by Crippen LogP contribution is -2.32. The lowest BCUT2D eigenvalue weighted by molar-refractivity contribution is -0.142. The summed E-state index contributed by atoms with van der Waals surface area (Å²) in [5, 5.41) is 8.98. The maximum atomic E-state index is 10.9. The standard InChI is InChI=1S/C11H15NO3/c1-8-10(11(13)14)2-4-12(8)6-9-3-5-15-7-9/h3,5,7-8,10H,2,4,6H2,1H3,(H,13,14). The fourth-order valence-electron chi connectivity index (χ4n) is 2.17. The molecule has 0 spiro atoms. The average Bonchev–Trinajstić information content (AvgIpc) is 2.78. The number of likely N-dealkylation sites (tertiary alicyclic amines) is 1. The van der Waals surface area contributed by atoms with Crippen molar-refractivity contribution in [2.45, 2.75) is 25.9 Å². The van der Waals surface area contributed by atoms with Gasteiger partial charge in [0.1, 0.15) is 0 Å². The van der Waals surface area contributed by atoms with Crippen molar-refractivity contribution in [3.63, 3.8) is 0 Å². The number of carboxylic acids is 1. The molecule has 1 saturated heterocycles. The zero-order chi connectivity index (χ0) is 10.8. The van der Waals surface area contributed by atoms with E-state index in [1.165, 1.54) is 0 Å². The van der Waals surface area contributed by atoms with Crippen molar-refractivity contribution in [1.82, 2.24) is 4.90 Å². The first-order chi connectivity index (χ1) is 7.18. The summed E-state index contributed by atoms with van der Waals surface area (Å²) in [6.45, 7) is 3.61. The molecule has 1 aliphatic rings. The number of nitrogens with zero attached hydrogens (tertiary/aromatic N) is 1. The second kappa shape index (κ2) is 4.06. The highest BCUT2D eigenvalue weighted by Gasteiger charge is 2.35. The molecule has 2 atom stereocenters. The van der Waals surface area contributed by atoms with Gasteiger partial charge in [-0.3, -0.25) is 9.69 Å². The van der Waals surface area contributed by atoms with Crippen LogP contribution in [-0.2, 0) is 11.3 Å². The molecule has 82 valence electrons. The summed E-state index contributed by atoms with van der Waals surface area (Å²) in [4.78, 5) is 13.1. The SMILES string of the molecule is CC1C(C(=O)O)CCN1Cc1ccoc1. The monoisotopic (exact) mass is 209 g/mol. The van der Waals surface area contributed by atoms with Crippen LogP contribution < -0.4 is 0 Å². The zero-order valence-electron chi connectivity index (χ0n) is 8.72. The van der Waals surface area contributed by atoms with Crippen LogP contribution in [0, 0.1) is 5.92 Å². The first-order valence-corrected chi connectivity index (χ1v) is 5.16. The van der Waals surface area contributed by atoms with E-state index in [2.05, 4.69) is 4.90 Å². The highest BCUT2D eigenvalue weighted by atomic mass is 16.4. The van der Waals surface area contributed by atoms with Crippen LogP contribution in [0.2, 0.25) is 0 Å². The van der Waals surface area contributed by atoms with Gasteiger partial charge < -0.3 is 9.52 Å². The van der Waals surface area contributed by atoms with E-state index < -0.39 is 5.97 Å². The van der Waals surface area contributed by atoms with Gasteiger partial charge in [0, 0.05) is 18.2 Å². The van der Waals surface area contributed by atoms with Gasteiger partial charge >= 0.3 is 5.97 Å². The Hall–Kier alpha value is -1.29. The Morgan fingerprint density at radius 1 is 1.73 bits per heavy atom. The summed E-state index contributed by atoms with van der Waals surface area (Å²) < 4.78 is 4.99. The van der Waals surface area contributed by atoms with Crippen LogP contribution in [0.1, 0.15) is 18.9 Å². The third-order valence-electron chi connectivity index (χ3n) is 3.17. The highest BCUT2D eigenvalue weighted by molar-refractivity contribution is 5.71. The summed E-state index contributed by atoms with van der Waals surface area (Å²) in [5.41, 5.74) is 1.10. The molecule has 4 nitrogen and oxygen atoms in total. The number of carbonyl (C=O) groups is 1. The first-order valence-electron chi connectivity index (χ1n) is 5.16. The van der Waals surface area contributed by atoms with Gasteiger partial charge in [-0.1, -0.05) is 0 Å². The number of aliphatic carboxylic acids is 1. The van der Waals surface area contributed by atoms with Gasteiger partial charge in [-0.05, 0) is 26.0 Å². The van der Waals surface area contributed by atoms with Gasteiger partial charge in [0.25, 0.3) is 0 Å². The van der Waals surface area contributed by atoms with Crippen LogP contribution >= 0.6 is 0 Å². The maximum Gasteiger partial charge on any atom is 0.308 e. The molecule has 2 unspecified atom stereocenters. The zero-order valence-corrected chi connectivity index (χ0v) is 8.72. The molecule has 0 amide bonds. The fourth-order valence-corrected chi connectivity index (χ4v) is 2.17. The fraction of sp³-hybridized carbons (Fsp3) is 0.545. The molecule has 1 aromatic heterocycles. The molecule has 0 saturated carbocycles. The Bertz CT molecular complexity index is 334. The number of hydrogen-bond acceptors (Lipinski definition) is 3. The summed E-state index contributed by atoms with van der Waals surface area (Å²) in [6, 6.07) is 2.03.